The van der Waals surface area contributed by atoms with Crippen LogP contribution in [-0.4, -0.2) is 38.6 Å². The lowest BCUT2D eigenvalue weighted by atomic mass is 10.1. The van der Waals surface area contributed by atoms with E-state index in [0.29, 0.717) is 12.1 Å². The van der Waals surface area contributed by atoms with Crippen molar-refractivity contribution < 1.29 is 26.5 Å². The van der Waals surface area contributed by atoms with Crippen LogP contribution in [-0.2, 0) is 16.7 Å². The van der Waals surface area contributed by atoms with Gasteiger partial charge in [-0.05, 0) is 42.7 Å². The highest BCUT2D eigenvalue weighted by atomic mass is 32.2. The number of carbonyl (C=O) groups excluding carboxylic acids is 1. The predicted molar refractivity (Wildman–Crippen MR) is 109 cm³/mol. The second-order valence-electron chi connectivity index (χ2n) is 6.97. The predicted octanol–water partition coefficient (Wildman–Crippen LogP) is 3.86. The maximum absolute atomic E-state index is 14.1. The Balaban J connectivity index is 2.36. The molecule has 0 saturated heterocycles. The topological polar surface area (TPSA) is 72.9 Å². The summed E-state index contributed by atoms with van der Waals surface area (Å²) in [6, 6.07) is 10.6. The minimum absolute atomic E-state index is 0.00769. The number of hydrogen-bond acceptors (Lipinski definition) is 5. The minimum atomic E-state index is -3.74. The first-order chi connectivity index (χ1) is 13.7. The molecule has 0 aliphatic carbocycles. The lowest BCUT2D eigenvalue weighted by Gasteiger charge is -2.25. The van der Waals surface area contributed by atoms with Crippen molar-refractivity contribution in [2.24, 2.45) is 5.92 Å². The van der Waals surface area contributed by atoms with Crippen LogP contribution in [0.25, 0.3) is 0 Å². The van der Waals surface area contributed by atoms with Crippen LogP contribution in [0.1, 0.15) is 36.7 Å². The van der Waals surface area contributed by atoms with Gasteiger partial charge < -0.3 is 13.8 Å². The molecule has 6 nitrogen and oxygen atoms in total. The molecule has 0 fully saturated rings. The number of rotatable bonds is 9. The zero-order valence-corrected chi connectivity index (χ0v) is 17.8. The van der Waals surface area contributed by atoms with E-state index >= 15 is 0 Å². The molecular weight excluding hydrogens is 397 g/mol. The Kier molecular flexibility index (Phi) is 7.61. The molecule has 0 aliphatic heterocycles. The van der Waals surface area contributed by atoms with Gasteiger partial charge in [-0.15, -0.1) is 0 Å². The molecule has 0 N–H and O–H groups in total. The summed E-state index contributed by atoms with van der Waals surface area (Å²) in [7, 11) is -2.33. The summed E-state index contributed by atoms with van der Waals surface area (Å²) in [4.78, 5) is 14.5. The molecule has 0 saturated carbocycles. The van der Waals surface area contributed by atoms with E-state index in [0.717, 1.165) is 0 Å². The summed E-state index contributed by atoms with van der Waals surface area (Å²) in [5, 5.41) is 0. The SMILES string of the molecule is CCS(=O)(=O)Oc1cc(CN(CC(C)C)C(=O)c2ccccc2F)ccc1OC. The van der Waals surface area contributed by atoms with Gasteiger partial charge >= 0.3 is 10.1 Å². The van der Waals surface area contributed by atoms with Crippen LogP contribution < -0.4 is 8.92 Å². The van der Waals surface area contributed by atoms with E-state index in [9.17, 15) is 17.6 Å². The van der Waals surface area contributed by atoms with Crippen molar-refractivity contribution in [3.8, 4) is 11.5 Å². The average Bonchev–Trinajstić information content (AvgIpc) is 2.67. The van der Waals surface area contributed by atoms with Gasteiger partial charge in [0.15, 0.2) is 11.5 Å². The average molecular weight is 424 g/mol. The monoisotopic (exact) mass is 423 g/mol. The Labute approximate surface area is 171 Å². The number of nitrogens with zero attached hydrogens (tertiary/aromatic N) is 1. The van der Waals surface area contributed by atoms with Gasteiger partial charge in [0.2, 0.25) is 0 Å². The molecular formula is C21H26FNO5S. The van der Waals surface area contributed by atoms with Gasteiger partial charge in [-0.3, -0.25) is 4.79 Å². The van der Waals surface area contributed by atoms with E-state index < -0.39 is 21.8 Å². The molecule has 0 radical (unpaired) electrons. The van der Waals surface area contributed by atoms with Gasteiger partial charge in [0, 0.05) is 13.1 Å². The molecule has 2 aromatic rings. The number of methoxy groups -OCH3 is 1. The third-order valence-corrected chi connectivity index (χ3v) is 5.29. The van der Waals surface area contributed by atoms with E-state index in [1.165, 1.54) is 43.2 Å². The molecule has 2 rings (SSSR count). The zero-order valence-electron chi connectivity index (χ0n) is 17.0. The fourth-order valence-electron chi connectivity index (χ4n) is 2.77. The van der Waals surface area contributed by atoms with Crippen molar-refractivity contribution in [1.29, 1.82) is 0 Å². The summed E-state index contributed by atoms with van der Waals surface area (Å²) >= 11 is 0. The zero-order chi connectivity index (χ0) is 21.6. The van der Waals surface area contributed by atoms with E-state index in [-0.39, 0.29) is 35.3 Å². The first kappa shape index (κ1) is 22.7. The number of carbonyl (C=O) groups is 1. The molecule has 0 heterocycles. The Bertz CT molecular complexity index is 959. The van der Waals surface area contributed by atoms with E-state index in [2.05, 4.69) is 0 Å². The highest BCUT2D eigenvalue weighted by Crippen LogP contribution is 2.30. The molecule has 1 amide bonds. The van der Waals surface area contributed by atoms with Crippen LogP contribution in [0.3, 0.4) is 0 Å². The van der Waals surface area contributed by atoms with Crippen LogP contribution in [0, 0.1) is 11.7 Å². The first-order valence-corrected chi connectivity index (χ1v) is 10.9. The summed E-state index contributed by atoms with van der Waals surface area (Å²) in [5.74, 6) is -0.738. The van der Waals surface area contributed by atoms with Crippen LogP contribution in [0.4, 0.5) is 4.39 Å². The fourth-order valence-corrected chi connectivity index (χ4v) is 3.29. The largest absolute Gasteiger partial charge is 0.493 e. The van der Waals surface area contributed by atoms with E-state index in [1.54, 1.807) is 18.2 Å². The molecule has 0 unspecified atom stereocenters. The molecule has 0 spiro atoms. The number of ether oxygens (including phenoxy) is 1. The molecule has 158 valence electrons. The van der Waals surface area contributed by atoms with Gasteiger partial charge in [-0.2, -0.15) is 8.42 Å². The fraction of sp³-hybridized carbons (Fsp3) is 0.381. The second kappa shape index (κ2) is 9.73. The number of halogens is 1. The van der Waals surface area contributed by atoms with Crippen molar-refractivity contribution in [1.82, 2.24) is 4.90 Å². The van der Waals surface area contributed by atoms with Crippen molar-refractivity contribution in [2.75, 3.05) is 19.4 Å². The molecule has 0 aliphatic rings. The van der Waals surface area contributed by atoms with Gasteiger partial charge in [0.1, 0.15) is 5.82 Å². The Morgan fingerprint density at radius 3 is 2.41 bits per heavy atom. The molecule has 29 heavy (non-hydrogen) atoms. The maximum atomic E-state index is 14.1. The number of benzene rings is 2. The minimum Gasteiger partial charge on any atom is -0.493 e. The van der Waals surface area contributed by atoms with E-state index in [4.69, 9.17) is 8.92 Å². The Morgan fingerprint density at radius 1 is 1.14 bits per heavy atom. The van der Waals surface area contributed by atoms with Gasteiger partial charge in [-0.25, -0.2) is 4.39 Å². The van der Waals surface area contributed by atoms with Crippen LogP contribution >= 0.6 is 0 Å². The smallest absolute Gasteiger partial charge is 0.309 e. The second-order valence-corrected chi connectivity index (χ2v) is 8.83. The Hall–Kier alpha value is -2.61. The van der Waals surface area contributed by atoms with Crippen molar-refractivity contribution >= 4 is 16.0 Å². The third-order valence-electron chi connectivity index (χ3n) is 4.15. The molecule has 2 aromatic carbocycles. The van der Waals surface area contributed by atoms with Crippen molar-refractivity contribution in [3.05, 3.63) is 59.4 Å². The van der Waals surface area contributed by atoms with Crippen LogP contribution in [0.5, 0.6) is 11.5 Å². The quantitative estimate of drug-likeness (QED) is 0.573. The molecule has 0 bridgehead atoms. The van der Waals surface area contributed by atoms with Crippen LogP contribution in [0.15, 0.2) is 42.5 Å². The van der Waals surface area contributed by atoms with Gasteiger partial charge in [-0.1, -0.05) is 32.0 Å². The first-order valence-electron chi connectivity index (χ1n) is 9.29. The normalized spacial score (nSPS) is 11.4. The summed E-state index contributed by atoms with van der Waals surface area (Å²) in [5.41, 5.74) is 0.629. The highest BCUT2D eigenvalue weighted by molar-refractivity contribution is 7.87. The number of hydrogen-bond donors (Lipinski definition) is 0. The molecule has 8 heteroatoms. The van der Waals surface area contributed by atoms with E-state index in [1.807, 2.05) is 13.8 Å². The van der Waals surface area contributed by atoms with Gasteiger partial charge in [0.05, 0.1) is 18.4 Å². The lowest BCUT2D eigenvalue weighted by molar-refractivity contribution is 0.0717. The highest BCUT2D eigenvalue weighted by Gasteiger charge is 2.21. The standard InChI is InChI=1S/C21H26FNO5S/c1-5-29(25,26)28-20-12-16(10-11-19(20)27-4)14-23(13-15(2)3)21(24)17-8-6-7-9-18(17)22/h6-12,15H,5,13-14H2,1-4H3. The summed E-state index contributed by atoms with van der Waals surface area (Å²) in [6.45, 7) is 5.96. The van der Waals surface area contributed by atoms with Crippen LogP contribution in [0.2, 0.25) is 0 Å². The summed E-state index contributed by atoms with van der Waals surface area (Å²) in [6.07, 6.45) is 0. The molecule has 0 atom stereocenters. The molecule has 0 aromatic heterocycles. The number of amides is 1. The van der Waals surface area contributed by atoms with Crippen molar-refractivity contribution in [2.45, 2.75) is 27.3 Å². The Morgan fingerprint density at radius 2 is 1.83 bits per heavy atom. The van der Waals surface area contributed by atoms with Gasteiger partial charge in [0.25, 0.3) is 5.91 Å². The third kappa shape index (κ3) is 6.19. The van der Waals surface area contributed by atoms with Crippen molar-refractivity contribution in [3.63, 3.8) is 0 Å². The maximum Gasteiger partial charge on any atom is 0.309 e. The lowest BCUT2D eigenvalue weighted by Crippen LogP contribution is -2.34. The summed E-state index contributed by atoms with van der Waals surface area (Å²) < 4.78 is 48.1.